The second-order valence-electron chi connectivity index (χ2n) is 4.72. The monoisotopic (exact) mass is 299 g/mol. The van der Waals surface area contributed by atoms with Gasteiger partial charge in [0.1, 0.15) is 0 Å². The van der Waals surface area contributed by atoms with Gasteiger partial charge in [-0.15, -0.1) is 0 Å². The second kappa shape index (κ2) is 6.29. The Morgan fingerprint density at radius 1 is 1.35 bits per heavy atom. The zero-order chi connectivity index (χ0) is 14.6. The number of nitrogens with one attached hydrogen (secondary N) is 2. The van der Waals surface area contributed by atoms with Gasteiger partial charge in [0.15, 0.2) is 4.90 Å². The molecule has 2 N–H and O–H groups in total. The topological polar surface area (TPSA) is 101 Å². The van der Waals surface area contributed by atoms with Crippen LogP contribution in [-0.4, -0.2) is 32.5 Å². The highest BCUT2D eigenvalue weighted by molar-refractivity contribution is 7.89. The molecular weight excluding hydrogens is 282 g/mol. The third kappa shape index (κ3) is 3.53. The first-order valence-electron chi connectivity index (χ1n) is 6.47. The largest absolute Gasteiger partial charge is 0.313 e. The number of hydrogen-bond acceptors (Lipinski definition) is 5. The summed E-state index contributed by atoms with van der Waals surface area (Å²) in [5.74, 6) is 0. The normalized spacial score (nSPS) is 19.7. The predicted octanol–water partition coefficient (Wildman–Crippen LogP) is 1.02. The number of para-hydroxylation sites is 1. The van der Waals surface area contributed by atoms with Gasteiger partial charge in [0, 0.05) is 18.7 Å². The Hall–Kier alpha value is -1.51. The van der Waals surface area contributed by atoms with Crippen molar-refractivity contribution in [2.45, 2.75) is 30.2 Å². The Balaban J connectivity index is 2.12. The first-order valence-corrected chi connectivity index (χ1v) is 7.95. The first-order chi connectivity index (χ1) is 9.50. The molecule has 0 aromatic heterocycles. The summed E-state index contributed by atoms with van der Waals surface area (Å²) >= 11 is 0. The number of nitro groups is 1. The van der Waals surface area contributed by atoms with Crippen LogP contribution in [0.4, 0.5) is 5.69 Å². The van der Waals surface area contributed by atoms with Crippen LogP contribution in [0.3, 0.4) is 0 Å². The van der Waals surface area contributed by atoms with E-state index in [2.05, 4.69) is 10.0 Å². The van der Waals surface area contributed by atoms with Crippen molar-refractivity contribution in [2.24, 2.45) is 0 Å². The maximum atomic E-state index is 12.2. The van der Waals surface area contributed by atoms with Gasteiger partial charge in [0.25, 0.3) is 5.69 Å². The van der Waals surface area contributed by atoms with Crippen molar-refractivity contribution in [1.29, 1.82) is 0 Å². The molecule has 1 saturated heterocycles. The van der Waals surface area contributed by atoms with Gasteiger partial charge in [-0.3, -0.25) is 10.1 Å². The van der Waals surface area contributed by atoms with Gasteiger partial charge < -0.3 is 5.32 Å². The van der Waals surface area contributed by atoms with Gasteiger partial charge >= 0.3 is 0 Å². The molecule has 1 fully saturated rings. The summed E-state index contributed by atoms with van der Waals surface area (Å²) in [4.78, 5) is 9.90. The van der Waals surface area contributed by atoms with Crippen LogP contribution in [0, 0.1) is 10.1 Å². The molecule has 0 radical (unpaired) electrons. The molecule has 7 nitrogen and oxygen atoms in total. The summed E-state index contributed by atoms with van der Waals surface area (Å²) in [6.45, 7) is 1.12. The average molecular weight is 299 g/mol. The van der Waals surface area contributed by atoms with Crippen LogP contribution in [0.1, 0.15) is 19.3 Å². The third-order valence-electron chi connectivity index (χ3n) is 3.28. The number of nitro benzene ring substituents is 1. The van der Waals surface area contributed by atoms with E-state index in [-0.39, 0.29) is 17.5 Å². The van der Waals surface area contributed by atoms with E-state index in [0.717, 1.165) is 25.8 Å². The Bertz CT molecular complexity index is 582. The summed E-state index contributed by atoms with van der Waals surface area (Å²) in [6.07, 6.45) is 3.05. The molecule has 1 aromatic carbocycles. The first kappa shape index (κ1) is 14.9. The number of piperidine rings is 1. The van der Waals surface area contributed by atoms with E-state index in [9.17, 15) is 18.5 Å². The van der Waals surface area contributed by atoms with E-state index in [1.54, 1.807) is 0 Å². The van der Waals surface area contributed by atoms with Gasteiger partial charge in [-0.1, -0.05) is 18.6 Å². The Kier molecular flexibility index (Phi) is 4.69. The van der Waals surface area contributed by atoms with E-state index in [4.69, 9.17) is 0 Å². The molecule has 8 heteroatoms. The molecule has 20 heavy (non-hydrogen) atoms. The maximum absolute atomic E-state index is 12.2. The lowest BCUT2D eigenvalue weighted by atomic mass is 10.1. The van der Waals surface area contributed by atoms with Crippen molar-refractivity contribution in [3.8, 4) is 0 Å². The molecule has 0 aliphatic carbocycles. The number of rotatable bonds is 5. The highest BCUT2D eigenvalue weighted by atomic mass is 32.2. The van der Waals surface area contributed by atoms with Crippen LogP contribution in [-0.2, 0) is 10.0 Å². The third-order valence-corrected chi connectivity index (χ3v) is 4.75. The second-order valence-corrected chi connectivity index (χ2v) is 6.46. The molecule has 1 aliphatic rings. The lowest BCUT2D eigenvalue weighted by molar-refractivity contribution is -0.387. The molecule has 0 spiro atoms. The predicted molar refractivity (Wildman–Crippen MR) is 73.9 cm³/mol. The fraction of sp³-hybridized carbons (Fsp3) is 0.500. The smallest absolute Gasteiger partial charge is 0.289 e. The molecule has 0 saturated carbocycles. The molecule has 1 unspecified atom stereocenters. The van der Waals surface area contributed by atoms with Crippen LogP contribution in [0.2, 0.25) is 0 Å². The van der Waals surface area contributed by atoms with Gasteiger partial charge in [0.05, 0.1) is 4.92 Å². The van der Waals surface area contributed by atoms with Crippen molar-refractivity contribution in [3.05, 3.63) is 34.4 Å². The van der Waals surface area contributed by atoms with Gasteiger partial charge in [-0.05, 0) is 25.5 Å². The fourth-order valence-corrected chi connectivity index (χ4v) is 3.47. The summed E-state index contributed by atoms with van der Waals surface area (Å²) in [5.41, 5.74) is -0.406. The quantitative estimate of drug-likeness (QED) is 0.624. The Morgan fingerprint density at radius 3 is 2.75 bits per heavy atom. The molecule has 1 aromatic rings. The number of sulfonamides is 1. The highest BCUT2D eigenvalue weighted by Crippen LogP contribution is 2.22. The van der Waals surface area contributed by atoms with E-state index < -0.39 is 20.6 Å². The molecule has 2 rings (SSSR count). The van der Waals surface area contributed by atoms with Crippen molar-refractivity contribution in [3.63, 3.8) is 0 Å². The highest BCUT2D eigenvalue weighted by Gasteiger charge is 2.25. The van der Waals surface area contributed by atoms with Crippen molar-refractivity contribution >= 4 is 15.7 Å². The standard InChI is InChI=1S/C12H17N3O4S/c16-15(17)11-6-1-2-7-12(11)20(18,19)14-9-10-5-3-4-8-13-10/h1-2,6-7,10,13-14H,3-5,8-9H2. The molecular formula is C12H17N3O4S. The van der Waals surface area contributed by atoms with Crippen molar-refractivity contribution in [2.75, 3.05) is 13.1 Å². The SMILES string of the molecule is O=[N+]([O-])c1ccccc1S(=O)(=O)NCC1CCCCN1. The lowest BCUT2D eigenvalue weighted by Gasteiger charge is -2.23. The van der Waals surface area contributed by atoms with Gasteiger partial charge in [-0.25, -0.2) is 13.1 Å². The van der Waals surface area contributed by atoms with Gasteiger partial charge in [-0.2, -0.15) is 0 Å². The molecule has 1 aliphatic heterocycles. The minimum atomic E-state index is -3.87. The Morgan fingerprint density at radius 2 is 2.10 bits per heavy atom. The average Bonchev–Trinajstić information content (AvgIpc) is 2.46. The van der Waals surface area contributed by atoms with Crippen LogP contribution < -0.4 is 10.0 Å². The summed E-state index contributed by atoms with van der Waals surface area (Å²) < 4.78 is 26.8. The number of nitrogens with zero attached hydrogens (tertiary/aromatic N) is 1. The molecule has 110 valence electrons. The maximum Gasteiger partial charge on any atom is 0.289 e. The van der Waals surface area contributed by atoms with E-state index >= 15 is 0 Å². The lowest BCUT2D eigenvalue weighted by Crippen LogP contribution is -2.43. The summed E-state index contributed by atoms with van der Waals surface area (Å²) in [6, 6.07) is 5.43. The molecule has 0 amide bonds. The molecule has 1 atom stereocenters. The molecule has 0 bridgehead atoms. The van der Waals surface area contributed by atoms with E-state index in [0.29, 0.717) is 0 Å². The number of benzene rings is 1. The van der Waals surface area contributed by atoms with Crippen molar-refractivity contribution in [1.82, 2.24) is 10.0 Å². The van der Waals surface area contributed by atoms with E-state index in [1.807, 2.05) is 0 Å². The minimum absolute atomic E-state index is 0.0845. The Labute approximate surface area is 117 Å². The molecule has 1 heterocycles. The minimum Gasteiger partial charge on any atom is -0.313 e. The van der Waals surface area contributed by atoms with Crippen LogP contribution in [0.25, 0.3) is 0 Å². The van der Waals surface area contributed by atoms with Crippen LogP contribution in [0.5, 0.6) is 0 Å². The van der Waals surface area contributed by atoms with Gasteiger partial charge in [0.2, 0.25) is 10.0 Å². The fourth-order valence-electron chi connectivity index (χ4n) is 2.22. The zero-order valence-corrected chi connectivity index (χ0v) is 11.7. The van der Waals surface area contributed by atoms with Crippen LogP contribution in [0.15, 0.2) is 29.2 Å². The van der Waals surface area contributed by atoms with E-state index in [1.165, 1.54) is 24.3 Å². The van der Waals surface area contributed by atoms with Crippen molar-refractivity contribution < 1.29 is 13.3 Å². The summed E-state index contributed by atoms with van der Waals surface area (Å²) in [7, 11) is -3.87. The number of hydrogen-bond donors (Lipinski definition) is 2. The van der Waals surface area contributed by atoms with Crippen LogP contribution >= 0.6 is 0 Å². The summed E-state index contributed by atoms with van der Waals surface area (Å²) in [5, 5.41) is 14.1. The zero-order valence-electron chi connectivity index (χ0n) is 10.9.